The van der Waals surface area contributed by atoms with Crippen LogP contribution in [0.3, 0.4) is 0 Å². The molecule has 0 aliphatic carbocycles. The molecule has 2 aromatic rings. The van der Waals surface area contributed by atoms with Gasteiger partial charge in [0.15, 0.2) is 8.68 Å². The highest BCUT2D eigenvalue weighted by Gasteiger charge is 2.20. The second-order valence-corrected chi connectivity index (χ2v) is 7.11. The molecule has 0 fully saturated rings. The van der Waals surface area contributed by atoms with Crippen LogP contribution >= 0.6 is 22.9 Å². The van der Waals surface area contributed by atoms with Crippen LogP contribution in [0, 0.1) is 6.92 Å². The summed E-state index contributed by atoms with van der Waals surface area (Å²) in [4.78, 5) is 3.88. The van der Waals surface area contributed by atoms with Gasteiger partial charge in [-0.3, -0.25) is 0 Å². The van der Waals surface area contributed by atoms with Crippen molar-refractivity contribution in [2.24, 2.45) is 0 Å². The Morgan fingerprint density at radius 1 is 1.56 bits per heavy atom. The summed E-state index contributed by atoms with van der Waals surface area (Å²) in [7, 11) is -3.54. The number of hydrogen-bond acceptors (Lipinski definition) is 5. The van der Waals surface area contributed by atoms with E-state index in [1.165, 1.54) is 0 Å². The van der Waals surface area contributed by atoms with Gasteiger partial charge in [0.25, 0.3) is 10.0 Å². The summed E-state index contributed by atoms with van der Waals surface area (Å²) < 4.78 is 31.9. The van der Waals surface area contributed by atoms with Gasteiger partial charge in [0, 0.05) is 13.0 Å². The van der Waals surface area contributed by atoms with Crippen LogP contribution in [0.1, 0.15) is 11.5 Å². The van der Waals surface area contributed by atoms with Crippen molar-refractivity contribution < 1.29 is 12.8 Å². The van der Waals surface area contributed by atoms with Gasteiger partial charge >= 0.3 is 0 Å². The van der Waals surface area contributed by atoms with Crippen molar-refractivity contribution in [3.05, 3.63) is 34.3 Å². The molecule has 2 heterocycles. The van der Waals surface area contributed by atoms with E-state index in [4.69, 9.17) is 16.0 Å². The van der Waals surface area contributed by atoms with E-state index in [2.05, 4.69) is 9.71 Å². The molecule has 1 N–H and O–H groups in total. The van der Waals surface area contributed by atoms with Crippen LogP contribution in [0.5, 0.6) is 0 Å². The van der Waals surface area contributed by atoms with E-state index in [0.29, 0.717) is 12.1 Å². The molecule has 0 aromatic carbocycles. The molecule has 0 spiro atoms. The number of thiazole rings is 1. The fourth-order valence-electron chi connectivity index (χ4n) is 1.43. The van der Waals surface area contributed by atoms with Gasteiger partial charge in [0.2, 0.25) is 0 Å². The number of hydrogen-bond donors (Lipinski definition) is 1. The first-order valence-corrected chi connectivity index (χ1v) is 7.82. The van der Waals surface area contributed by atoms with Crippen molar-refractivity contribution in [1.29, 1.82) is 0 Å². The monoisotopic (exact) mass is 306 g/mol. The Morgan fingerprint density at radius 3 is 2.89 bits per heavy atom. The lowest BCUT2D eigenvalue weighted by molar-refractivity contribution is 0.506. The minimum atomic E-state index is -3.54. The van der Waals surface area contributed by atoms with Gasteiger partial charge in [0.1, 0.15) is 5.76 Å². The maximum Gasteiger partial charge on any atom is 0.251 e. The minimum Gasteiger partial charge on any atom is -0.469 e. The number of furan rings is 1. The van der Waals surface area contributed by atoms with Crippen molar-refractivity contribution in [3.63, 3.8) is 0 Å². The summed E-state index contributed by atoms with van der Waals surface area (Å²) in [6.07, 6.45) is 2.05. The molecule has 0 bridgehead atoms. The van der Waals surface area contributed by atoms with Crippen LogP contribution in [-0.2, 0) is 16.4 Å². The van der Waals surface area contributed by atoms with Crippen molar-refractivity contribution in [2.75, 3.05) is 6.54 Å². The third-order valence-electron chi connectivity index (χ3n) is 2.22. The quantitative estimate of drug-likeness (QED) is 0.919. The highest BCUT2D eigenvalue weighted by molar-refractivity contribution is 7.91. The van der Waals surface area contributed by atoms with Gasteiger partial charge in [0.05, 0.1) is 12.0 Å². The number of nitrogens with zero attached hydrogens (tertiary/aromatic N) is 1. The molecular weight excluding hydrogens is 296 g/mol. The number of halogens is 1. The number of rotatable bonds is 5. The van der Waals surface area contributed by atoms with E-state index in [1.807, 2.05) is 0 Å². The van der Waals surface area contributed by atoms with Crippen LogP contribution in [0.15, 0.2) is 27.0 Å². The molecule has 0 saturated carbocycles. The molecule has 0 aliphatic rings. The smallest absolute Gasteiger partial charge is 0.251 e. The number of sulfonamides is 1. The summed E-state index contributed by atoms with van der Waals surface area (Å²) in [5.74, 6) is 0.733. The molecule has 8 heteroatoms. The first-order chi connectivity index (χ1) is 8.49. The summed E-state index contributed by atoms with van der Waals surface area (Å²) in [6.45, 7) is 1.88. The Bertz CT molecular complexity index is 620. The van der Waals surface area contributed by atoms with Crippen LogP contribution in [0.25, 0.3) is 0 Å². The largest absolute Gasteiger partial charge is 0.469 e. The molecule has 5 nitrogen and oxygen atoms in total. The van der Waals surface area contributed by atoms with Gasteiger partial charge in [-0.1, -0.05) is 22.9 Å². The Labute approximate surface area is 114 Å². The first-order valence-electron chi connectivity index (χ1n) is 5.14. The zero-order chi connectivity index (χ0) is 13.2. The van der Waals surface area contributed by atoms with Crippen LogP contribution < -0.4 is 4.72 Å². The third kappa shape index (κ3) is 3.11. The van der Waals surface area contributed by atoms with Gasteiger partial charge in [-0.05, 0) is 19.1 Å². The summed E-state index contributed by atoms with van der Waals surface area (Å²) in [5.41, 5.74) is 0.412. The Morgan fingerprint density at radius 2 is 2.33 bits per heavy atom. The van der Waals surface area contributed by atoms with E-state index in [1.54, 1.807) is 25.3 Å². The van der Waals surface area contributed by atoms with Crippen molar-refractivity contribution in [2.45, 2.75) is 17.6 Å². The normalized spacial score (nSPS) is 11.9. The van der Waals surface area contributed by atoms with Crippen molar-refractivity contribution in [1.82, 2.24) is 9.71 Å². The summed E-state index contributed by atoms with van der Waals surface area (Å²) >= 11 is 6.64. The zero-order valence-electron chi connectivity index (χ0n) is 9.51. The molecule has 0 radical (unpaired) electrons. The van der Waals surface area contributed by atoms with Crippen molar-refractivity contribution >= 4 is 33.0 Å². The van der Waals surface area contributed by atoms with E-state index in [9.17, 15) is 8.42 Å². The molecule has 0 amide bonds. The molecule has 2 rings (SSSR count). The maximum absolute atomic E-state index is 12.0. The fraction of sp³-hybridized carbons (Fsp3) is 0.300. The predicted octanol–water partition coefficient (Wildman–Crippen LogP) is 2.22. The summed E-state index contributed by atoms with van der Waals surface area (Å²) in [5, 5.41) is 0. The van der Waals surface area contributed by atoms with Crippen LogP contribution in [-0.4, -0.2) is 19.9 Å². The van der Waals surface area contributed by atoms with E-state index in [-0.39, 0.29) is 15.2 Å². The minimum absolute atomic E-state index is 0.159. The third-order valence-corrected chi connectivity index (χ3v) is 5.55. The molecule has 2 aromatic heterocycles. The zero-order valence-corrected chi connectivity index (χ0v) is 11.9. The molecule has 0 unspecified atom stereocenters. The fourth-order valence-corrected chi connectivity index (χ4v) is 4.24. The lowest BCUT2D eigenvalue weighted by atomic mass is 10.3. The lowest BCUT2D eigenvalue weighted by Crippen LogP contribution is -2.25. The van der Waals surface area contributed by atoms with Crippen molar-refractivity contribution in [3.8, 4) is 0 Å². The molecular formula is C10H11ClN2O3S2. The molecule has 0 saturated heterocycles. The maximum atomic E-state index is 12.0. The first kappa shape index (κ1) is 13.5. The molecule has 18 heavy (non-hydrogen) atoms. The molecule has 0 atom stereocenters. The van der Waals surface area contributed by atoms with Gasteiger partial charge in [-0.15, -0.1) is 0 Å². The second kappa shape index (κ2) is 5.40. The van der Waals surface area contributed by atoms with E-state index < -0.39 is 10.0 Å². The Hall–Kier alpha value is -0.890. The van der Waals surface area contributed by atoms with Gasteiger partial charge in [-0.2, -0.15) is 0 Å². The van der Waals surface area contributed by atoms with Crippen LogP contribution in [0.2, 0.25) is 4.47 Å². The Kier molecular flexibility index (Phi) is 4.06. The van der Waals surface area contributed by atoms with Crippen LogP contribution in [0.4, 0.5) is 0 Å². The van der Waals surface area contributed by atoms with E-state index >= 15 is 0 Å². The van der Waals surface area contributed by atoms with Gasteiger partial charge in [-0.25, -0.2) is 18.1 Å². The number of nitrogens with one attached hydrogen (secondary N) is 1. The molecule has 98 valence electrons. The standard InChI is InChI=1S/C10H11ClN2O3S2/c1-7-9(17-10(11)13-7)18(14,15)12-5-4-8-3-2-6-16-8/h2-3,6,12H,4-5H2,1H3. The molecule has 0 aliphatic heterocycles. The Balaban J connectivity index is 2.02. The average Bonchev–Trinajstić information content (AvgIpc) is 2.88. The number of aromatic nitrogens is 1. The number of aryl methyl sites for hydroxylation is 1. The highest BCUT2D eigenvalue weighted by atomic mass is 35.5. The van der Waals surface area contributed by atoms with E-state index in [0.717, 1.165) is 17.1 Å². The summed E-state index contributed by atoms with van der Waals surface area (Å²) in [6, 6.07) is 3.56. The second-order valence-electron chi connectivity index (χ2n) is 3.57. The topological polar surface area (TPSA) is 72.2 Å². The predicted molar refractivity (Wildman–Crippen MR) is 69.5 cm³/mol. The highest BCUT2D eigenvalue weighted by Crippen LogP contribution is 2.26. The average molecular weight is 307 g/mol. The lowest BCUT2D eigenvalue weighted by Gasteiger charge is -2.03. The van der Waals surface area contributed by atoms with Gasteiger partial charge < -0.3 is 4.42 Å². The SMILES string of the molecule is Cc1nc(Cl)sc1S(=O)(=O)NCCc1ccco1.